The summed E-state index contributed by atoms with van der Waals surface area (Å²) < 4.78 is 15.7. The highest BCUT2D eigenvalue weighted by Gasteiger charge is 2.16. The molecule has 5 heteroatoms. The Kier molecular flexibility index (Phi) is 5.76. The maximum absolute atomic E-state index is 13.7. The second kappa shape index (κ2) is 8.62. The topological polar surface area (TPSA) is 34.0 Å². The lowest BCUT2D eigenvalue weighted by atomic mass is 10.1. The summed E-state index contributed by atoms with van der Waals surface area (Å²) in [6.45, 7) is 2.24. The molecular formula is C24H23FN2OS. The SMILES string of the molecule is C[C@H](CCc1ccccc1)NC(=O)Cn1c(-c2cccs2)cc2cc(F)ccc21. The molecule has 0 saturated carbocycles. The standard InChI is InChI=1S/C24H23FN2OS/c1-17(9-10-18-6-3-2-4-7-18)26-24(28)16-27-21-12-11-20(25)14-19(21)15-22(27)23-8-5-13-29-23/h2-8,11-15,17H,9-10,16H2,1H3,(H,26,28)/t17-/m1/s1. The number of aromatic nitrogens is 1. The zero-order valence-electron chi connectivity index (χ0n) is 16.3. The Morgan fingerprint density at radius 2 is 1.93 bits per heavy atom. The molecule has 0 spiro atoms. The van der Waals surface area contributed by atoms with Crippen molar-refractivity contribution in [1.29, 1.82) is 0 Å². The Hall–Kier alpha value is -2.92. The fourth-order valence-electron chi connectivity index (χ4n) is 3.60. The predicted octanol–water partition coefficient (Wildman–Crippen LogP) is 5.65. The number of fused-ring (bicyclic) bond motifs is 1. The number of rotatable bonds is 7. The maximum Gasteiger partial charge on any atom is 0.240 e. The van der Waals surface area contributed by atoms with E-state index in [0.717, 1.165) is 34.3 Å². The van der Waals surface area contributed by atoms with Crippen molar-refractivity contribution in [3.8, 4) is 10.6 Å². The molecule has 0 bridgehead atoms. The Balaban J connectivity index is 1.49. The minimum Gasteiger partial charge on any atom is -0.352 e. The first-order chi connectivity index (χ1) is 14.1. The van der Waals surface area contributed by atoms with E-state index in [4.69, 9.17) is 0 Å². The molecule has 0 aliphatic rings. The smallest absolute Gasteiger partial charge is 0.240 e. The van der Waals surface area contributed by atoms with Crippen molar-refractivity contribution in [3.63, 3.8) is 0 Å². The summed E-state index contributed by atoms with van der Waals surface area (Å²) >= 11 is 1.61. The number of amides is 1. The Morgan fingerprint density at radius 3 is 2.69 bits per heavy atom. The van der Waals surface area contributed by atoms with Gasteiger partial charge >= 0.3 is 0 Å². The van der Waals surface area contributed by atoms with Crippen molar-refractivity contribution in [1.82, 2.24) is 9.88 Å². The largest absolute Gasteiger partial charge is 0.352 e. The lowest BCUT2D eigenvalue weighted by Crippen LogP contribution is -2.35. The molecule has 0 fully saturated rings. The van der Waals surface area contributed by atoms with Gasteiger partial charge < -0.3 is 9.88 Å². The number of hydrogen-bond donors (Lipinski definition) is 1. The minimum absolute atomic E-state index is 0.0369. The third kappa shape index (κ3) is 4.57. The van der Waals surface area contributed by atoms with Gasteiger partial charge in [-0.2, -0.15) is 0 Å². The van der Waals surface area contributed by atoms with E-state index in [1.165, 1.54) is 17.7 Å². The first-order valence-corrected chi connectivity index (χ1v) is 10.6. The summed E-state index contributed by atoms with van der Waals surface area (Å²) in [5.74, 6) is -0.309. The predicted molar refractivity (Wildman–Crippen MR) is 118 cm³/mol. The monoisotopic (exact) mass is 406 g/mol. The van der Waals surface area contributed by atoms with Crippen LogP contribution in [-0.4, -0.2) is 16.5 Å². The van der Waals surface area contributed by atoms with E-state index in [2.05, 4.69) is 17.4 Å². The quantitative estimate of drug-likeness (QED) is 0.423. The number of carbonyl (C=O) groups excluding carboxylic acids is 1. The number of nitrogens with one attached hydrogen (secondary N) is 1. The van der Waals surface area contributed by atoms with Crippen molar-refractivity contribution in [2.24, 2.45) is 0 Å². The molecule has 2 heterocycles. The van der Waals surface area contributed by atoms with Gasteiger partial charge in [-0.15, -0.1) is 11.3 Å². The molecule has 0 aliphatic carbocycles. The van der Waals surface area contributed by atoms with E-state index in [-0.39, 0.29) is 24.3 Å². The molecule has 3 nitrogen and oxygen atoms in total. The highest BCUT2D eigenvalue weighted by atomic mass is 32.1. The van der Waals surface area contributed by atoms with Crippen LogP contribution in [0.2, 0.25) is 0 Å². The van der Waals surface area contributed by atoms with Gasteiger partial charge in [-0.1, -0.05) is 36.4 Å². The number of thiophene rings is 1. The fourth-order valence-corrected chi connectivity index (χ4v) is 4.36. The summed E-state index contributed by atoms with van der Waals surface area (Å²) in [5.41, 5.74) is 3.07. The van der Waals surface area contributed by atoms with E-state index in [0.29, 0.717) is 0 Å². The Labute approximate surface area is 173 Å². The molecule has 0 aliphatic heterocycles. The number of carbonyl (C=O) groups is 1. The van der Waals surface area contributed by atoms with Gasteiger partial charge in [0, 0.05) is 16.9 Å². The summed E-state index contributed by atoms with van der Waals surface area (Å²) in [7, 11) is 0. The van der Waals surface area contributed by atoms with Gasteiger partial charge in [-0.25, -0.2) is 4.39 Å². The van der Waals surface area contributed by atoms with Crippen LogP contribution in [0.25, 0.3) is 21.5 Å². The van der Waals surface area contributed by atoms with Crippen molar-refractivity contribution >= 4 is 28.1 Å². The molecule has 0 radical (unpaired) electrons. The van der Waals surface area contributed by atoms with Gasteiger partial charge in [0.2, 0.25) is 5.91 Å². The number of aryl methyl sites for hydroxylation is 1. The average Bonchev–Trinajstić information content (AvgIpc) is 3.35. The molecule has 1 atom stereocenters. The maximum atomic E-state index is 13.7. The summed E-state index contributed by atoms with van der Waals surface area (Å²) in [6.07, 6.45) is 1.81. The summed E-state index contributed by atoms with van der Waals surface area (Å²) in [4.78, 5) is 13.8. The van der Waals surface area contributed by atoms with E-state index in [1.807, 2.05) is 53.3 Å². The van der Waals surface area contributed by atoms with Crippen LogP contribution in [0.4, 0.5) is 4.39 Å². The van der Waals surface area contributed by atoms with Crippen LogP contribution in [-0.2, 0) is 17.8 Å². The molecular weight excluding hydrogens is 383 g/mol. The Bertz CT molecular complexity index is 1100. The van der Waals surface area contributed by atoms with Crippen LogP contribution >= 0.6 is 11.3 Å². The molecule has 4 rings (SSSR count). The van der Waals surface area contributed by atoms with E-state index >= 15 is 0 Å². The second-order valence-corrected chi connectivity index (χ2v) is 8.24. The van der Waals surface area contributed by atoms with Crippen molar-refractivity contribution < 1.29 is 9.18 Å². The van der Waals surface area contributed by atoms with E-state index in [1.54, 1.807) is 17.4 Å². The molecule has 2 aromatic heterocycles. The molecule has 148 valence electrons. The molecule has 29 heavy (non-hydrogen) atoms. The van der Waals surface area contributed by atoms with Crippen LogP contribution < -0.4 is 5.32 Å². The first-order valence-electron chi connectivity index (χ1n) is 9.76. The van der Waals surface area contributed by atoms with Gasteiger partial charge in [0.05, 0.1) is 10.6 Å². The highest BCUT2D eigenvalue weighted by molar-refractivity contribution is 7.13. The fraction of sp³-hybridized carbons (Fsp3) is 0.208. The number of benzene rings is 2. The average molecular weight is 407 g/mol. The Morgan fingerprint density at radius 1 is 1.10 bits per heavy atom. The van der Waals surface area contributed by atoms with Crippen molar-refractivity contribution in [2.45, 2.75) is 32.4 Å². The van der Waals surface area contributed by atoms with Gasteiger partial charge in [-0.3, -0.25) is 4.79 Å². The third-order valence-corrected chi connectivity index (χ3v) is 5.95. The molecule has 0 saturated heterocycles. The van der Waals surface area contributed by atoms with Gasteiger partial charge in [0.25, 0.3) is 0 Å². The number of nitrogens with zero attached hydrogens (tertiary/aromatic N) is 1. The normalized spacial score (nSPS) is 12.2. The van der Waals surface area contributed by atoms with Gasteiger partial charge in [-0.05, 0) is 61.0 Å². The summed E-state index contributed by atoms with van der Waals surface area (Å²) in [6, 6.07) is 21.0. The van der Waals surface area contributed by atoms with Crippen LogP contribution in [0, 0.1) is 5.82 Å². The minimum atomic E-state index is -0.272. The van der Waals surface area contributed by atoms with Crippen LogP contribution in [0.1, 0.15) is 18.9 Å². The molecule has 1 N–H and O–H groups in total. The number of hydrogen-bond acceptors (Lipinski definition) is 2. The van der Waals surface area contributed by atoms with Crippen molar-refractivity contribution in [3.05, 3.63) is 83.5 Å². The lowest BCUT2D eigenvalue weighted by molar-refractivity contribution is -0.122. The van der Waals surface area contributed by atoms with Gasteiger partial charge in [0.15, 0.2) is 0 Å². The molecule has 2 aromatic carbocycles. The van der Waals surface area contributed by atoms with E-state index < -0.39 is 0 Å². The van der Waals surface area contributed by atoms with Crippen LogP contribution in [0.3, 0.4) is 0 Å². The van der Waals surface area contributed by atoms with Crippen molar-refractivity contribution in [2.75, 3.05) is 0 Å². The molecule has 1 amide bonds. The van der Waals surface area contributed by atoms with Crippen LogP contribution in [0.5, 0.6) is 0 Å². The molecule has 0 unspecified atom stereocenters. The zero-order valence-corrected chi connectivity index (χ0v) is 17.1. The summed E-state index contributed by atoms with van der Waals surface area (Å²) in [5, 5.41) is 5.91. The third-order valence-electron chi connectivity index (χ3n) is 5.05. The lowest BCUT2D eigenvalue weighted by Gasteiger charge is -2.16. The molecule has 4 aromatic rings. The zero-order chi connectivity index (χ0) is 20.2. The number of halogens is 1. The second-order valence-electron chi connectivity index (χ2n) is 7.29. The van der Waals surface area contributed by atoms with Gasteiger partial charge in [0.1, 0.15) is 12.4 Å². The van der Waals surface area contributed by atoms with Crippen LogP contribution in [0.15, 0.2) is 72.1 Å². The first kappa shape index (κ1) is 19.4. The van der Waals surface area contributed by atoms with E-state index in [9.17, 15) is 9.18 Å². The highest BCUT2D eigenvalue weighted by Crippen LogP contribution is 2.31.